The third-order valence-corrected chi connectivity index (χ3v) is 4.30. The van der Waals surface area contributed by atoms with E-state index in [0.717, 1.165) is 15.5 Å². The predicted molar refractivity (Wildman–Crippen MR) is 81.1 cm³/mol. The van der Waals surface area contributed by atoms with Crippen LogP contribution in [0.1, 0.15) is 10.5 Å². The lowest BCUT2D eigenvalue weighted by atomic mass is 10.3. The molecule has 0 spiro atoms. The van der Waals surface area contributed by atoms with Gasteiger partial charge in [0.2, 0.25) is 5.95 Å². The SMILES string of the molecule is O=C1c2c(Br)c3ncccc3n2CCN1c1ncccn1. The van der Waals surface area contributed by atoms with Gasteiger partial charge in [-0.1, -0.05) is 0 Å². The molecule has 104 valence electrons. The molecule has 4 rings (SSSR count). The van der Waals surface area contributed by atoms with E-state index in [0.29, 0.717) is 24.7 Å². The second-order valence-electron chi connectivity index (χ2n) is 4.69. The molecule has 0 saturated carbocycles. The second-order valence-corrected chi connectivity index (χ2v) is 5.48. The largest absolute Gasteiger partial charge is 0.332 e. The highest BCUT2D eigenvalue weighted by Gasteiger charge is 2.32. The van der Waals surface area contributed by atoms with Gasteiger partial charge in [0.05, 0.1) is 9.99 Å². The fourth-order valence-electron chi connectivity index (χ4n) is 2.63. The Bertz CT molecular complexity index is 845. The number of hydrogen-bond acceptors (Lipinski definition) is 4. The Kier molecular flexibility index (Phi) is 2.75. The van der Waals surface area contributed by atoms with Gasteiger partial charge in [-0.25, -0.2) is 9.97 Å². The first-order valence-electron chi connectivity index (χ1n) is 6.49. The van der Waals surface area contributed by atoms with Crippen molar-refractivity contribution in [3.63, 3.8) is 0 Å². The summed E-state index contributed by atoms with van der Waals surface area (Å²) in [4.78, 5) is 27.0. The predicted octanol–water partition coefficient (Wildman–Crippen LogP) is 2.25. The van der Waals surface area contributed by atoms with Gasteiger partial charge in [0.1, 0.15) is 11.2 Å². The Morgan fingerprint density at radius 3 is 2.62 bits per heavy atom. The van der Waals surface area contributed by atoms with Crippen molar-refractivity contribution in [2.24, 2.45) is 0 Å². The molecule has 7 heteroatoms. The summed E-state index contributed by atoms with van der Waals surface area (Å²) in [6.45, 7) is 1.23. The maximum Gasteiger partial charge on any atom is 0.278 e. The molecular weight excluding hydrogens is 334 g/mol. The van der Waals surface area contributed by atoms with Gasteiger partial charge in [0, 0.05) is 31.7 Å². The minimum Gasteiger partial charge on any atom is -0.332 e. The number of nitrogens with zero attached hydrogens (tertiary/aromatic N) is 5. The number of anilines is 1. The average molecular weight is 344 g/mol. The molecule has 21 heavy (non-hydrogen) atoms. The first-order valence-corrected chi connectivity index (χ1v) is 7.28. The first kappa shape index (κ1) is 12.5. The van der Waals surface area contributed by atoms with Crippen LogP contribution in [-0.4, -0.2) is 32.0 Å². The van der Waals surface area contributed by atoms with Crippen LogP contribution in [0.25, 0.3) is 11.0 Å². The highest BCUT2D eigenvalue weighted by molar-refractivity contribution is 9.10. The lowest BCUT2D eigenvalue weighted by Gasteiger charge is -2.27. The molecule has 0 N–H and O–H groups in total. The molecule has 0 bridgehead atoms. The zero-order chi connectivity index (χ0) is 14.4. The van der Waals surface area contributed by atoms with Crippen LogP contribution in [0.3, 0.4) is 0 Å². The van der Waals surface area contributed by atoms with Crippen LogP contribution < -0.4 is 4.90 Å². The number of carbonyl (C=O) groups is 1. The number of aromatic nitrogens is 4. The molecule has 0 atom stereocenters. The average Bonchev–Trinajstić information content (AvgIpc) is 2.83. The summed E-state index contributed by atoms with van der Waals surface area (Å²) in [5.41, 5.74) is 2.36. The Morgan fingerprint density at radius 1 is 1.05 bits per heavy atom. The molecular formula is C14H10BrN5O. The van der Waals surface area contributed by atoms with E-state index < -0.39 is 0 Å². The van der Waals surface area contributed by atoms with Gasteiger partial charge in [-0.3, -0.25) is 14.7 Å². The van der Waals surface area contributed by atoms with Gasteiger partial charge in [-0.2, -0.15) is 0 Å². The summed E-state index contributed by atoms with van der Waals surface area (Å²) in [5, 5.41) is 0. The number of fused-ring (bicyclic) bond motifs is 3. The molecule has 0 aromatic carbocycles. The van der Waals surface area contributed by atoms with E-state index >= 15 is 0 Å². The monoisotopic (exact) mass is 343 g/mol. The van der Waals surface area contributed by atoms with Crippen LogP contribution in [0.15, 0.2) is 41.3 Å². The van der Waals surface area contributed by atoms with Crippen molar-refractivity contribution in [1.29, 1.82) is 0 Å². The normalized spacial score (nSPS) is 14.5. The Balaban J connectivity index is 1.89. The van der Waals surface area contributed by atoms with Crippen molar-refractivity contribution in [3.05, 3.63) is 47.0 Å². The quantitative estimate of drug-likeness (QED) is 0.679. The highest BCUT2D eigenvalue weighted by Crippen LogP contribution is 2.33. The van der Waals surface area contributed by atoms with Crippen LogP contribution in [0.5, 0.6) is 0 Å². The lowest BCUT2D eigenvalue weighted by Crippen LogP contribution is -2.41. The number of carbonyl (C=O) groups excluding carboxylic acids is 1. The number of amides is 1. The van der Waals surface area contributed by atoms with E-state index in [9.17, 15) is 4.79 Å². The molecule has 3 aromatic heterocycles. The van der Waals surface area contributed by atoms with E-state index in [2.05, 4.69) is 30.9 Å². The molecule has 1 amide bonds. The van der Waals surface area contributed by atoms with Gasteiger partial charge < -0.3 is 4.57 Å². The molecule has 0 aliphatic carbocycles. The topological polar surface area (TPSA) is 63.9 Å². The summed E-state index contributed by atoms with van der Waals surface area (Å²) in [5.74, 6) is 0.316. The molecule has 0 unspecified atom stereocenters. The molecule has 0 saturated heterocycles. The van der Waals surface area contributed by atoms with Crippen molar-refractivity contribution in [2.75, 3.05) is 11.4 Å². The Labute approximate surface area is 128 Å². The van der Waals surface area contributed by atoms with Crippen LogP contribution in [-0.2, 0) is 6.54 Å². The van der Waals surface area contributed by atoms with E-state index in [1.165, 1.54) is 0 Å². The van der Waals surface area contributed by atoms with Crippen molar-refractivity contribution in [1.82, 2.24) is 19.5 Å². The molecule has 1 aliphatic heterocycles. The first-order chi connectivity index (χ1) is 10.3. The van der Waals surface area contributed by atoms with Gasteiger partial charge >= 0.3 is 0 Å². The summed E-state index contributed by atoms with van der Waals surface area (Å²) in [6.07, 6.45) is 4.99. The smallest absolute Gasteiger partial charge is 0.278 e. The van der Waals surface area contributed by atoms with Crippen LogP contribution in [0.2, 0.25) is 0 Å². The molecule has 3 aromatic rings. The number of rotatable bonds is 1. The highest BCUT2D eigenvalue weighted by atomic mass is 79.9. The van der Waals surface area contributed by atoms with Crippen molar-refractivity contribution in [2.45, 2.75) is 6.54 Å². The fraction of sp³-hybridized carbons (Fsp3) is 0.143. The van der Waals surface area contributed by atoms with Crippen LogP contribution in [0.4, 0.5) is 5.95 Å². The third-order valence-electron chi connectivity index (χ3n) is 3.55. The Hall–Kier alpha value is -2.28. The standard InChI is InChI=1S/C14H10BrN5O/c15-10-11-9(3-1-4-16-11)19-7-8-20(13(21)12(10)19)14-17-5-2-6-18-14/h1-6H,7-8H2. The third kappa shape index (κ3) is 1.77. The van der Waals surface area contributed by atoms with Gasteiger partial charge in [0.15, 0.2) is 0 Å². The Morgan fingerprint density at radius 2 is 1.81 bits per heavy atom. The zero-order valence-electron chi connectivity index (χ0n) is 10.9. The van der Waals surface area contributed by atoms with Gasteiger partial charge in [-0.05, 0) is 34.1 Å². The molecule has 0 radical (unpaired) electrons. The summed E-state index contributed by atoms with van der Waals surface area (Å²) in [6, 6.07) is 5.58. The van der Waals surface area contributed by atoms with E-state index in [4.69, 9.17) is 0 Å². The fourth-order valence-corrected chi connectivity index (χ4v) is 3.32. The number of halogens is 1. The summed E-state index contributed by atoms with van der Waals surface area (Å²) >= 11 is 3.51. The number of hydrogen-bond donors (Lipinski definition) is 0. The van der Waals surface area contributed by atoms with Gasteiger partial charge in [-0.15, -0.1) is 0 Å². The van der Waals surface area contributed by atoms with E-state index in [1.54, 1.807) is 29.6 Å². The minimum atomic E-state index is -0.114. The van der Waals surface area contributed by atoms with Crippen molar-refractivity contribution < 1.29 is 4.79 Å². The lowest BCUT2D eigenvalue weighted by molar-refractivity contribution is 0.0963. The summed E-state index contributed by atoms with van der Waals surface area (Å²) in [7, 11) is 0. The number of pyridine rings is 1. The maximum atomic E-state index is 12.8. The minimum absolute atomic E-state index is 0.114. The zero-order valence-corrected chi connectivity index (χ0v) is 12.5. The molecule has 4 heterocycles. The second kappa shape index (κ2) is 4.63. The molecule has 6 nitrogen and oxygen atoms in total. The van der Waals surface area contributed by atoms with Crippen molar-refractivity contribution >= 4 is 38.8 Å². The molecule has 0 fully saturated rings. The van der Waals surface area contributed by atoms with E-state index in [1.807, 2.05) is 16.7 Å². The summed E-state index contributed by atoms with van der Waals surface area (Å²) < 4.78 is 2.72. The van der Waals surface area contributed by atoms with E-state index in [-0.39, 0.29) is 5.91 Å². The maximum absolute atomic E-state index is 12.8. The van der Waals surface area contributed by atoms with Crippen LogP contribution >= 0.6 is 15.9 Å². The molecule has 1 aliphatic rings. The van der Waals surface area contributed by atoms with Crippen molar-refractivity contribution in [3.8, 4) is 0 Å². The van der Waals surface area contributed by atoms with Crippen LogP contribution in [0, 0.1) is 0 Å². The van der Waals surface area contributed by atoms with Gasteiger partial charge in [0.25, 0.3) is 5.91 Å².